The monoisotopic (exact) mass is 255 g/mol. The van der Waals surface area contributed by atoms with E-state index >= 15 is 0 Å². The predicted octanol–water partition coefficient (Wildman–Crippen LogP) is 2.87. The van der Waals surface area contributed by atoms with Crippen LogP contribution >= 0.6 is 0 Å². The van der Waals surface area contributed by atoms with Crippen molar-refractivity contribution in [1.82, 2.24) is 15.1 Å². The fraction of sp³-hybridized carbons (Fsp3) is 0.438. The van der Waals surface area contributed by atoms with Crippen LogP contribution in [0.15, 0.2) is 36.7 Å². The quantitative estimate of drug-likeness (QED) is 0.914. The molecule has 1 aliphatic heterocycles. The average Bonchev–Trinajstić information content (AvgIpc) is 2.87. The molecule has 0 saturated carbocycles. The van der Waals surface area contributed by atoms with Gasteiger partial charge in [-0.05, 0) is 56.0 Å². The van der Waals surface area contributed by atoms with Crippen molar-refractivity contribution in [3.63, 3.8) is 0 Å². The van der Waals surface area contributed by atoms with E-state index in [-0.39, 0.29) is 0 Å². The molecule has 2 aromatic rings. The van der Waals surface area contributed by atoms with Crippen LogP contribution in [0.25, 0.3) is 5.69 Å². The first-order chi connectivity index (χ1) is 9.31. The SMILES string of the molecule is Cc1cnn(-c2ccc(CC3CCCCN3)cc2)c1. The van der Waals surface area contributed by atoms with Gasteiger partial charge in [-0.15, -0.1) is 0 Å². The molecule has 1 aliphatic rings. The minimum atomic E-state index is 0.659. The Hall–Kier alpha value is -1.61. The van der Waals surface area contributed by atoms with E-state index in [0.717, 1.165) is 12.1 Å². The number of piperidine rings is 1. The van der Waals surface area contributed by atoms with Crippen molar-refractivity contribution in [3.05, 3.63) is 47.8 Å². The first-order valence-electron chi connectivity index (χ1n) is 7.15. The molecule has 0 aliphatic carbocycles. The molecule has 0 amide bonds. The zero-order valence-electron chi connectivity index (χ0n) is 11.5. The van der Waals surface area contributed by atoms with Crippen LogP contribution in [0.2, 0.25) is 0 Å². The Morgan fingerprint density at radius 3 is 2.74 bits per heavy atom. The second kappa shape index (κ2) is 5.57. The summed E-state index contributed by atoms with van der Waals surface area (Å²) in [5.74, 6) is 0. The lowest BCUT2D eigenvalue weighted by Gasteiger charge is -2.23. The van der Waals surface area contributed by atoms with Gasteiger partial charge >= 0.3 is 0 Å². The van der Waals surface area contributed by atoms with E-state index < -0.39 is 0 Å². The summed E-state index contributed by atoms with van der Waals surface area (Å²) in [6.45, 7) is 3.24. The van der Waals surface area contributed by atoms with Gasteiger partial charge in [-0.2, -0.15) is 5.10 Å². The second-order valence-corrected chi connectivity index (χ2v) is 5.48. The maximum atomic E-state index is 4.34. The Labute approximate surface area is 114 Å². The molecule has 1 aromatic carbocycles. The van der Waals surface area contributed by atoms with Gasteiger partial charge in [0.25, 0.3) is 0 Å². The molecule has 100 valence electrons. The molecular weight excluding hydrogens is 234 g/mol. The van der Waals surface area contributed by atoms with E-state index in [1.54, 1.807) is 0 Å². The summed E-state index contributed by atoms with van der Waals surface area (Å²) in [7, 11) is 0. The smallest absolute Gasteiger partial charge is 0.0645 e. The molecule has 1 N–H and O–H groups in total. The van der Waals surface area contributed by atoms with E-state index in [1.165, 1.54) is 36.9 Å². The van der Waals surface area contributed by atoms with E-state index in [1.807, 2.05) is 10.9 Å². The Bertz CT molecular complexity index is 521. The van der Waals surface area contributed by atoms with Gasteiger partial charge in [-0.1, -0.05) is 18.6 Å². The third kappa shape index (κ3) is 3.04. The van der Waals surface area contributed by atoms with Crippen molar-refractivity contribution in [2.45, 2.75) is 38.6 Å². The normalized spacial score (nSPS) is 19.5. The minimum Gasteiger partial charge on any atom is -0.314 e. The third-order valence-corrected chi connectivity index (χ3v) is 3.81. The van der Waals surface area contributed by atoms with E-state index in [4.69, 9.17) is 0 Å². The molecule has 0 bridgehead atoms. The number of nitrogens with one attached hydrogen (secondary N) is 1. The third-order valence-electron chi connectivity index (χ3n) is 3.81. The summed E-state index contributed by atoms with van der Waals surface area (Å²) in [4.78, 5) is 0. The molecule has 1 unspecified atom stereocenters. The largest absolute Gasteiger partial charge is 0.314 e. The van der Waals surface area contributed by atoms with Crippen LogP contribution < -0.4 is 5.32 Å². The van der Waals surface area contributed by atoms with E-state index in [2.05, 4.69) is 47.8 Å². The summed E-state index contributed by atoms with van der Waals surface area (Å²) in [6, 6.07) is 9.42. The summed E-state index contributed by atoms with van der Waals surface area (Å²) in [6.07, 6.45) is 9.08. The highest BCUT2D eigenvalue weighted by molar-refractivity contribution is 5.34. The van der Waals surface area contributed by atoms with Crippen molar-refractivity contribution in [3.8, 4) is 5.69 Å². The molecule has 0 radical (unpaired) electrons. The zero-order valence-corrected chi connectivity index (χ0v) is 11.5. The molecule has 19 heavy (non-hydrogen) atoms. The van der Waals surface area contributed by atoms with E-state index in [0.29, 0.717) is 6.04 Å². The van der Waals surface area contributed by atoms with Crippen LogP contribution in [0.1, 0.15) is 30.4 Å². The van der Waals surface area contributed by atoms with Gasteiger partial charge in [-0.3, -0.25) is 0 Å². The summed E-state index contributed by atoms with van der Waals surface area (Å²) in [5.41, 5.74) is 3.73. The Morgan fingerprint density at radius 1 is 1.26 bits per heavy atom. The summed E-state index contributed by atoms with van der Waals surface area (Å²) in [5, 5.41) is 7.94. The molecule has 2 heterocycles. The van der Waals surface area contributed by atoms with Crippen LogP contribution in [0.5, 0.6) is 0 Å². The number of benzene rings is 1. The highest BCUT2D eigenvalue weighted by Crippen LogP contribution is 2.15. The fourth-order valence-electron chi connectivity index (χ4n) is 2.72. The number of rotatable bonds is 3. The summed E-state index contributed by atoms with van der Waals surface area (Å²) < 4.78 is 1.93. The van der Waals surface area contributed by atoms with Crippen LogP contribution in [-0.2, 0) is 6.42 Å². The lowest BCUT2D eigenvalue weighted by Crippen LogP contribution is -2.35. The molecule has 3 rings (SSSR count). The molecule has 3 nitrogen and oxygen atoms in total. The molecule has 1 atom stereocenters. The van der Waals surface area contributed by atoms with Crippen molar-refractivity contribution < 1.29 is 0 Å². The van der Waals surface area contributed by atoms with Gasteiger partial charge in [0.15, 0.2) is 0 Å². The molecule has 1 aromatic heterocycles. The van der Waals surface area contributed by atoms with Crippen LogP contribution in [0, 0.1) is 6.92 Å². The maximum Gasteiger partial charge on any atom is 0.0645 e. The Balaban J connectivity index is 1.68. The van der Waals surface area contributed by atoms with Crippen molar-refractivity contribution in [2.24, 2.45) is 0 Å². The minimum absolute atomic E-state index is 0.659. The van der Waals surface area contributed by atoms with Gasteiger partial charge in [0.05, 0.1) is 11.9 Å². The number of nitrogens with zero attached hydrogens (tertiary/aromatic N) is 2. The number of hydrogen-bond acceptors (Lipinski definition) is 2. The van der Waals surface area contributed by atoms with Crippen molar-refractivity contribution in [1.29, 1.82) is 0 Å². The second-order valence-electron chi connectivity index (χ2n) is 5.48. The molecule has 1 fully saturated rings. The topological polar surface area (TPSA) is 29.9 Å². The standard InChI is InChI=1S/C16H21N3/c1-13-11-18-19(12-13)16-7-5-14(6-8-16)10-15-4-2-3-9-17-15/h5-8,11-12,15,17H,2-4,9-10H2,1H3. The van der Waals surface area contributed by atoms with Crippen molar-refractivity contribution >= 4 is 0 Å². The first-order valence-corrected chi connectivity index (χ1v) is 7.15. The molecule has 0 spiro atoms. The van der Waals surface area contributed by atoms with E-state index in [9.17, 15) is 0 Å². The van der Waals surface area contributed by atoms with Gasteiger partial charge < -0.3 is 5.32 Å². The zero-order chi connectivity index (χ0) is 13.1. The Morgan fingerprint density at radius 2 is 2.11 bits per heavy atom. The number of aromatic nitrogens is 2. The fourth-order valence-corrected chi connectivity index (χ4v) is 2.72. The predicted molar refractivity (Wildman–Crippen MR) is 77.6 cm³/mol. The van der Waals surface area contributed by atoms with Gasteiger partial charge in [-0.25, -0.2) is 4.68 Å². The maximum absolute atomic E-state index is 4.34. The lowest BCUT2D eigenvalue weighted by molar-refractivity contribution is 0.399. The highest BCUT2D eigenvalue weighted by atomic mass is 15.3. The highest BCUT2D eigenvalue weighted by Gasteiger charge is 2.12. The van der Waals surface area contributed by atoms with Crippen LogP contribution in [-0.4, -0.2) is 22.4 Å². The number of hydrogen-bond donors (Lipinski definition) is 1. The van der Waals surface area contributed by atoms with Crippen LogP contribution in [0.3, 0.4) is 0 Å². The lowest BCUT2D eigenvalue weighted by atomic mass is 9.98. The first kappa shape index (κ1) is 12.4. The summed E-state index contributed by atoms with van der Waals surface area (Å²) >= 11 is 0. The number of aryl methyl sites for hydroxylation is 1. The van der Waals surface area contributed by atoms with Gasteiger partial charge in [0.2, 0.25) is 0 Å². The molecular formula is C16H21N3. The average molecular weight is 255 g/mol. The van der Waals surface area contributed by atoms with Gasteiger partial charge in [0, 0.05) is 12.2 Å². The Kier molecular flexibility index (Phi) is 3.65. The molecule has 1 saturated heterocycles. The van der Waals surface area contributed by atoms with Gasteiger partial charge in [0.1, 0.15) is 0 Å². The molecule has 3 heteroatoms. The van der Waals surface area contributed by atoms with Crippen LogP contribution in [0.4, 0.5) is 0 Å². The van der Waals surface area contributed by atoms with Crippen molar-refractivity contribution in [2.75, 3.05) is 6.54 Å².